The maximum absolute atomic E-state index is 12.2. The fourth-order valence-electron chi connectivity index (χ4n) is 1.78. The van der Waals surface area contributed by atoms with Gasteiger partial charge in [-0.1, -0.05) is 15.9 Å². The van der Waals surface area contributed by atoms with Gasteiger partial charge >= 0.3 is 5.97 Å². The molecule has 6 heteroatoms. The average Bonchev–Trinajstić information content (AvgIpc) is 3.04. The van der Waals surface area contributed by atoms with Gasteiger partial charge in [0.15, 0.2) is 9.84 Å². The monoisotopic (exact) mass is 332 g/mol. The van der Waals surface area contributed by atoms with Gasteiger partial charge in [0.25, 0.3) is 0 Å². The summed E-state index contributed by atoms with van der Waals surface area (Å²) in [4.78, 5) is 11.1. The zero-order valence-corrected chi connectivity index (χ0v) is 12.2. The topological polar surface area (TPSA) is 71.4 Å². The van der Waals surface area contributed by atoms with Crippen LogP contribution in [0.4, 0.5) is 0 Å². The van der Waals surface area contributed by atoms with Crippen molar-refractivity contribution in [2.75, 3.05) is 5.75 Å². The predicted octanol–water partition coefficient (Wildman–Crippen LogP) is 2.64. The van der Waals surface area contributed by atoms with Gasteiger partial charge in [0, 0.05) is 4.47 Å². The number of sulfone groups is 1. The lowest BCUT2D eigenvalue weighted by Gasteiger charge is -2.10. The number of carboxylic acid groups (broad SMARTS) is 1. The molecule has 0 radical (unpaired) electrons. The molecule has 0 amide bonds. The zero-order valence-electron chi connectivity index (χ0n) is 9.81. The van der Waals surface area contributed by atoms with Gasteiger partial charge in [-0.25, -0.2) is 13.2 Å². The molecule has 0 unspecified atom stereocenters. The second kappa shape index (κ2) is 4.66. The lowest BCUT2D eigenvalue weighted by Crippen LogP contribution is -2.12. The summed E-state index contributed by atoms with van der Waals surface area (Å²) in [6.45, 7) is 1.68. The van der Waals surface area contributed by atoms with Gasteiger partial charge < -0.3 is 5.11 Å². The van der Waals surface area contributed by atoms with Gasteiger partial charge in [-0.05, 0) is 43.4 Å². The number of halogens is 1. The summed E-state index contributed by atoms with van der Waals surface area (Å²) in [6, 6.07) is 2.67. The molecule has 1 aromatic rings. The zero-order chi connectivity index (χ0) is 13.5. The number of rotatable bonds is 4. The van der Waals surface area contributed by atoms with Gasteiger partial charge in [-0.2, -0.15) is 0 Å². The summed E-state index contributed by atoms with van der Waals surface area (Å²) in [6.07, 6.45) is 1.89. The van der Waals surface area contributed by atoms with E-state index in [4.69, 9.17) is 5.11 Å². The summed E-state index contributed by atoms with van der Waals surface area (Å²) >= 11 is 3.21. The Morgan fingerprint density at radius 1 is 1.44 bits per heavy atom. The Morgan fingerprint density at radius 3 is 2.56 bits per heavy atom. The van der Waals surface area contributed by atoms with Crippen molar-refractivity contribution in [1.82, 2.24) is 0 Å². The van der Waals surface area contributed by atoms with Crippen LogP contribution in [0.1, 0.15) is 28.8 Å². The normalized spacial score (nSPS) is 15.7. The van der Waals surface area contributed by atoms with E-state index in [1.54, 1.807) is 6.92 Å². The number of carbonyl (C=O) groups is 1. The van der Waals surface area contributed by atoms with Crippen LogP contribution in [0.2, 0.25) is 0 Å². The third-order valence-corrected chi connectivity index (χ3v) is 5.86. The van der Waals surface area contributed by atoms with Crippen molar-refractivity contribution in [3.05, 3.63) is 27.7 Å². The lowest BCUT2D eigenvalue weighted by atomic mass is 10.1. The Balaban J connectivity index is 2.51. The van der Waals surface area contributed by atoms with Gasteiger partial charge in [-0.3, -0.25) is 0 Å². The van der Waals surface area contributed by atoms with Gasteiger partial charge in [0.05, 0.1) is 16.2 Å². The summed E-state index contributed by atoms with van der Waals surface area (Å²) in [5, 5.41) is 8.97. The summed E-state index contributed by atoms with van der Waals surface area (Å²) in [5.41, 5.74) is 0.558. The molecule has 0 atom stereocenters. The first-order valence-corrected chi connectivity index (χ1v) is 8.02. The molecule has 2 rings (SSSR count). The highest BCUT2D eigenvalue weighted by Crippen LogP contribution is 2.34. The third-order valence-electron chi connectivity index (χ3n) is 3.03. The molecule has 0 heterocycles. The van der Waals surface area contributed by atoms with Crippen molar-refractivity contribution in [3.63, 3.8) is 0 Å². The number of carboxylic acids is 1. The Kier molecular flexibility index (Phi) is 3.51. The molecule has 0 aromatic heterocycles. The molecule has 4 nitrogen and oxygen atoms in total. The van der Waals surface area contributed by atoms with Crippen LogP contribution in [0.3, 0.4) is 0 Å². The first kappa shape index (κ1) is 13.5. The highest BCUT2D eigenvalue weighted by atomic mass is 79.9. The molecule has 1 aliphatic carbocycles. The van der Waals surface area contributed by atoms with Crippen LogP contribution in [0.15, 0.2) is 21.5 Å². The summed E-state index contributed by atoms with van der Waals surface area (Å²) in [5.74, 6) is -0.774. The minimum Gasteiger partial charge on any atom is -0.478 e. The highest BCUT2D eigenvalue weighted by Gasteiger charge is 2.30. The van der Waals surface area contributed by atoms with Crippen LogP contribution in [0, 0.1) is 12.8 Å². The fourth-order valence-corrected chi connectivity index (χ4v) is 4.39. The SMILES string of the molecule is Cc1c(Br)cc(C(=O)O)cc1S(=O)(=O)CC1CC1. The molecule has 1 fully saturated rings. The maximum atomic E-state index is 12.2. The van der Waals surface area contributed by atoms with Crippen molar-refractivity contribution in [1.29, 1.82) is 0 Å². The number of hydrogen-bond donors (Lipinski definition) is 1. The minimum atomic E-state index is -3.40. The second-order valence-electron chi connectivity index (χ2n) is 4.61. The second-order valence-corrected chi connectivity index (χ2v) is 7.47. The molecule has 0 spiro atoms. The van der Waals surface area contributed by atoms with Gasteiger partial charge in [0.2, 0.25) is 0 Å². The fraction of sp³-hybridized carbons (Fsp3) is 0.417. The predicted molar refractivity (Wildman–Crippen MR) is 70.6 cm³/mol. The van der Waals surface area contributed by atoms with E-state index in [0.29, 0.717) is 10.0 Å². The molecule has 98 valence electrons. The van der Waals surface area contributed by atoms with E-state index < -0.39 is 15.8 Å². The van der Waals surface area contributed by atoms with Crippen molar-refractivity contribution in [3.8, 4) is 0 Å². The molecule has 0 aliphatic heterocycles. The van der Waals surface area contributed by atoms with Crippen molar-refractivity contribution < 1.29 is 18.3 Å². The number of hydrogen-bond acceptors (Lipinski definition) is 3. The molecule has 1 saturated carbocycles. The molecule has 1 aromatic carbocycles. The Morgan fingerprint density at radius 2 is 2.06 bits per heavy atom. The van der Waals surface area contributed by atoms with Gasteiger partial charge in [0.1, 0.15) is 0 Å². The van der Waals surface area contributed by atoms with E-state index in [-0.39, 0.29) is 22.1 Å². The van der Waals surface area contributed by atoms with E-state index in [1.165, 1.54) is 12.1 Å². The van der Waals surface area contributed by atoms with Crippen LogP contribution in [0.25, 0.3) is 0 Å². The smallest absolute Gasteiger partial charge is 0.335 e. The Hall–Kier alpha value is -0.880. The average molecular weight is 333 g/mol. The Bertz CT molecular complexity index is 603. The van der Waals surface area contributed by atoms with Crippen LogP contribution >= 0.6 is 15.9 Å². The molecule has 0 saturated heterocycles. The van der Waals surface area contributed by atoms with Crippen LogP contribution in [0.5, 0.6) is 0 Å². The molecular weight excluding hydrogens is 320 g/mol. The maximum Gasteiger partial charge on any atom is 0.335 e. The van der Waals surface area contributed by atoms with E-state index in [1.807, 2.05) is 0 Å². The number of benzene rings is 1. The lowest BCUT2D eigenvalue weighted by molar-refractivity contribution is 0.0696. The molecule has 0 bridgehead atoms. The van der Waals surface area contributed by atoms with Crippen molar-refractivity contribution >= 4 is 31.7 Å². The number of aromatic carboxylic acids is 1. The van der Waals surface area contributed by atoms with Crippen LogP contribution < -0.4 is 0 Å². The molecular formula is C12H13BrO4S. The molecule has 1 N–H and O–H groups in total. The van der Waals surface area contributed by atoms with E-state index in [0.717, 1.165) is 12.8 Å². The van der Waals surface area contributed by atoms with Crippen molar-refractivity contribution in [2.45, 2.75) is 24.7 Å². The molecule has 1 aliphatic rings. The first-order chi connectivity index (χ1) is 8.31. The first-order valence-electron chi connectivity index (χ1n) is 5.57. The van der Waals surface area contributed by atoms with E-state index in [9.17, 15) is 13.2 Å². The third kappa shape index (κ3) is 2.75. The molecule has 18 heavy (non-hydrogen) atoms. The highest BCUT2D eigenvalue weighted by molar-refractivity contribution is 9.10. The van der Waals surface area contributed by atoms with E-state index in [2.05, 4.69) is 15.9 Å². The van der Waals surface area contributed by atoms with E-state index >= 15 is 0 Å². The standard InChI is InChI=1S/C12H13BrO4S/c1-7-10(13)4-9(12(14)15)5-11(7)18(16,17)6-8-2-3-8/h4-5,8H,2-3,6H2,1H3,(H,14,15). The Labute approximate surface area is 114 Å². The van der Waals surface area contributed by atoms with Crippen LogP contribution in [-0.4, -0.2) is 25.2 Å². The quantitative estimate of drug-likeness (QED) is 0.919. The van der Waals surface area contributed by atoms with Crippen LogP contribution in [-0.2, 0) is 9.84 Å². The summed E-state index contributed by atoms with van der Waals surface area (Å²) < 4.78 is 24.9. The van der Waals surface area contributed by atoms with Crippen molar-refractivity contribution in [2.24, 2.45) is 5.92 Å². The van der Waals surface area contributed by atoms with Gasteiger partial charge in [-0.15, -0.1) is 0 Å². The summed E-state index contributed by atoms with van der Waals surface area (Å²) in [7, 11) is -3.40. The minimum absolute atomic E-state index is 0.0122. The largest absolute Gasteiger partial charge is 0.478 e.